The molecule has 1 aliphatic rings. The van der Waals surface area contributed by atoms with Crippen molar-refractivity contribution in [3.05, 3.63) is 11.4 Å². The molecule has 0 bridgehead atoms. The van der Waals surface area contributed by atoms with Crippen molar-refractivity contribution in [3.8, 4) is 0 Å². The number of alkyl halides is 2. The lowest BCUT2D eigenvalue weighted by Crippen LogP contribution is -2.22. The second kappa shape index (κ2) is 4.15. The van der Waals surface area contributed by atoms with Gasteiger partial charge in [0.15, 0.2) is 5.69 Å². The van der Waals surface area contributed by atoms with Crippen LogP contribution in [0.1, 0.15) is 41.4 Å². The van der Waals surface area contributed by atoms with Crippen molar-refractivity contribution < 1.29 is 13.6 Å². The van der Waals surface area contributed by atoms with Crippen molar-refractivity contribution in [1.82, 2.24) is 15.0 Å². The molecule has 0 aliphatic heterocycles. The van der Waals surface area contributed by atoms with Gasteiger partial charge in [0.1, 0.15) is 6.54 Å². The predicted octanol–water partition coefficient (Wildman–Crippen LogP) is 0.910. The van der Waals surface area contributed by atoms with Gasteiger partial charge in [-0.15, -0.1) is 5.10 Å². The van der Waals surface area contributed by atoms with E-state index < -0.39 is 18.9 Å². The fourth-order valence-corrected chi connectivity index (χ4v) is 1.85. The first-order chi connectivity index (χ1) is 7.59. The van der Waals surface area contributed by atoms with E-state index in [4.69, 9.17) is 5.73 Å². The summed E-state index contributed by atoms with van der Waals surface area (Å²) in [6, 6.07) is 0. The van der Waals surface area contributed by atoms with E-state index in [1.807, 2.05) is 0 Å². The van der Waals surface area contributed by atoms with E-state index >= 15 is 0 Å². The molecule has 1 heterocycles. The summed E-state index contributed by atoms with van der Waals surface area (Å²) in [6.07, 6.45) is 0.262. The Morgan fingerprint density at radius 3 is 2.69 bits per heavy atom. The first-order valence-corrected chi connectivity index (χ1v) is 5.11. The Morgan fingerprint density at radius 1 is 1.56 bits per heavy atom. The molecule has 0 spiro atoms. The third-order valence-corrected chi connectivity index (χ3v) is 2.81. The summed E-state index contributed by atoms with van der Waals surface area (Å²) in [6.45, 7) is -0.536. The Labute approximate surface area is 90.6 Å². The molecular weight excluding hydrogens is 218 g/mol. The van der Waals surface area contributed by atoms with Gasteiger partial charge in [-0.2, -0.15) is 0 Å². The lowest BCUT2D eigenvalue weighted by atomic mass is 9.82. The molecule has 0 aromatic carbocycles. The molecule has 2 N–H and O–H groups in total. The highest BCUT2D eigenvalue weighted by molar-refractivity contribution is 5.92. The average Bonchev–Trinajstić information content (AvgIpc) is 2.45. The summed E-state index contributed by atoms with van der Waals surface area (Å²) in [5.41, 5.74) is 5.64. The first kappa shape index (κ1) is 11.0. The maximum absolute atomic E-state index is 12.3. The maximum atomic E-state index is 12.3. The molecule has 5 nitrogen and oxygen atoms in total. The molecule has 0 atom stereocenters. The number of amides is 1. The van der Waals surface area contributed by atoms with Crippen molar-refractivity contribution in [1.29, 1.82) is 0 Å². The van der Waals surface area contributed by atoms with Gasteiger partial charge in [-0.25, -0.2) is 13.5 Å². The standard InChI is InChI=1S/C9H12F2N4O/c10-6(11)4-15-8(5-2-1-3-5)7(9(12)16)13-14-15/h5-6H,1-4H2,(H2,12,16). The Kier molecular flexibility index (Phi) is 2.84. The van der Waals surface area contributed by atoms with Crippen LogP contribution in [0.3, 0.4) is 0 Å². The van der Waals surface area contributed by atoms with E-state index in [1.165, 1.54) is 0 Å². The number of hydrogen-bond acceptors (Lipinski definition) is 3. The van der Waals surface area contributed by atoms with Crippen molar-refractivity contribution in [2.24, 2.45) is 5.73 Å². The van der Waals surface area contributed by atoms with Gasteiger partial charge in [0.05, 0.1) is 5.69 Å². The fourth-order valence-electron chi connectivity index (χ4n) is 1.85. The van der Waals surface area contributed by atoms with Crippen LogP contribution in [0, 0.1) is 0 Å². The normalized spacial score (nSPS) is 16.4. The highest BCUT2D eigenvalue weighted by Gasteiger charge is 2.30. The zero-order valence-electron chi connectivity index (χ0n) is 8.57. The van der Waals surface area contributed by atoms with E-state index in [2.05, 4.69) is 10.3 Å². The van der Waals surface area contributed by atoms with Gasteiger partial charge >= 0.3 is 0 Å². The molecule has 1 aliphatic carbocycles. The molecule has 2 rings (SSSR count). The van der Waals surface area contributed by atoms with Gasteiger partial charge in [-0.3, -0.25) is 4.79 Å². The highest BCUT2D eigenvalue weighted by Crippen LogP contribution is 2.37. The molecule has 1 aromatic rings. The molecule has 0 saturated heterocycles. The minimum absolute atomic E-state index is 0.0327. The third kappa shape index (κ3) is 1.89. The number of carbonyl (C=O) groups is 1. The fraction of sp³-hybridized carbons (Fsp3) is 0.667. The number of nitrogens with zero attached hydrogens (tertiary/aromatic N) is 3. The SMILES string of the molecule is NC(=O)c1nnn(CC(F)F)c1C1CCC1. The van der Waals surface area contributed by atoms with E-state index in [0.29, 0.717) is 5.69 Å². The number of carbonyl (C=O) groups excluding carboxylic acids is 1. The van der Waals surface area contributed by atoms with Crippen LogP contribution in [0.5, 0.6) is 0 Å². The molecule has 0 unspecified atom stereocenters. The van der Waals surface area contributed by atoms with E-state index in [-0.39, 0.29) is 11.6 Å². The third-order valence-electron chi connectivity index (χ3n) is 2.81. The molecule has 1 saturated carbocycles. The van der Waals surface area contributed by atoms with E-state index in [1.54, 1.807) is 0 Å². The van der Waals surface area contributed by atoms with Gasteiger partial charge in [-0.05, 0) is 12.8 Å². The van der Waals surface area contributed by atoms with Crippen LogP contribution in [0.25, 0.3) is 0 Å². The van der Waals surface area contributed by atoms with Gasteiger partial charge in [0.25, 0.3) is 12.3 Å². The minimum atomic E-state index is -2.51. The minimum Gasteiger partial charge on any atom is -0.364 e. The van der Waals surface area contributed by atoms with Crippen LogP contribution in [0.2, 0.25) is 0 Å². The molecule has 1 amide bonds. The van der Waals surface area contributed by atoms with Crippen molar-refractivity contribution in [2.75, 3.05) is 0 Å². The zero-order valence-corrected chi connectivity index (χ0v) is 8.57. The number of nitrogens with two attached hydrogens (primary N) is 1. The number of aromatic nitrogens is 3. The maximum Gasteiger partial charge on any atom is 0.271 e. The summed E-state index contributed by atoms with van der Waals surface area (Å²) in [4.78, 5) is 11.1. The predicted molar refractivity (Wildman–Crippen MR) is 51.1 cm³/mol. The van der Waals surface area contributed by atoms with E-state index in [9.17, 15) is 13.6 Å². The number of hydrogen-bond donors (Lipinski definition) is 1. The van der Waals surface area contributed by atoms with Gasteiger partial charge in [-0.1, -0.05) is 11.6 Å². The molecule has 7 heteroatoms. The van der Waals surface area contributed by atoms with Gasteiger partial charge < -0.3 is 5.73 Å². The second-order valence-electron chi connectivity index (χ2n) is 3.89. The summed E-state index contributed by atoms with van der Waals surface area (Å²) in [5.74, 6) is -0.612. The van der Waals surface area contributed by atoms with Crippen molar-refractivity contribution in [2.45, 2.75) is 38.2 Å². The molecular formula is C9H12F2N4O. The van der Waals surface area contributed by atoms with Crippen LogP contribution in [-0.2, 0) is 6.54 Å². The van der Waals surface area contributed by atoms with E-state index in [0.717, 1.165) is 23.9 Å². The molecule has 0 radical (unpaired) electrons. The van der Waals surface area contributed by atoms with Crippen LogP contribution in [-0.4, -0.2) is 27.3 Å². The monoisotopic (exact) mass is 230 g/mol. The second-order valence-corrected chi connectivity index (χ2v) is 3.89. The smallest absolute Gasteiger partial charge is 0.271 e. The first-order valence-electron chi connectivity index (χ1n) is 5.11. The Morgan fingerprint density at radius 2 is 2.25 bits per heavy atom. The largest absolute Gasteiger partial charge is 0.364 e. The van der Waals surface area contributed by atoms with Crippen molar-refractivity contribution >= 4 is 5.91 Å². The highest BCUT2D eigenvalue weighted by atomic mass is 19.3. The Hall–Kier alpha value is -1.53. The number of primary amides is 1. The Bertz CT molecular complexity index is 400. The summed E-state index contributed by atoms with van der Waals surface area (Å²) in [5, 5.41) is 7.14. The molecule has 1 fully saturated rings. The molecule has 16 heavy (non-hydrogen) atoms. The zero-order chi connectivity index (χ0) is 11.7. The average molecular weight is 230 g/mol. The summed E-state index contributed by atoms with van der Waals surface area (Å²) >= 11 is 0. The van der Waals surface area contributed by atoms with Crippen molar-refractivity contribution in [3.63, 3.8) is 0 Å². The molecule has 88 valence electrons. The topological polar surface area (TPSA) is 73.8 Å². The lowest BCUT2D eigenvalue weighted by molar-refractivity contribution is 0.0991. The number of rotatable bonds is 4. The molecule has 1 aromatic heterocycles. The summed E-state index contributed by atoms with van der Waals surface area (Å²) < 4.78 is 25.7. The van der Waals surface area contributed by atoms with Crippen LogP contribution < -0.4 is 5.73 Å². The van der Waals surface area contributed by atoms with Gasteiger partial charge in [0, 0.05) is 5.92 Å². The van der Waals surface area contributed by atoms with Crippen LogP contribution in [0.4, 0.5) is 8.78 Å². The summed E-state index contributed by atoms with van der Waals surface area (Å²) in [7, 11) is 0. The quantitative estimate of drug-likeness (QED) is 0.835. The van der Waals surface area contributed by atoms with Gasteiger partial charge in [0.2, 0.25) is 0 Å². The number of halogens is 2. The van der Waals surface area contributed by atoms with Crippen LogP contribution in [0.15, 0.2) is 0 Å². The van der Waals surface area contributed by atoms with Crippen LogP contribution >= 0.6 is 0 Å². The Balaban J connectivity index is 2.33. The lowest BCUT2D eigenvalue weighted by Gasteiger charge is -2.26.